The Morgan fingerprint density at radius 2 is 1.91 bits per heavy atom. The molecule has 3 aromatic rings. The third-order valence-electron chi connectivity index (χ3n) is 3.66. The lowest BCUT2D eigenvalue weighted by Gasteiger charge is -2.05. The number of H-pyrrole nitrogens is 1. The quantitative estimate of drug-likeness (QED) is 0.722. The highest BCUT2D eigenvalue weighted by molar-refractivity contribution is 6.30. The first-order valence-corrected chi connectivity index (χ1v) is 8.03. The van der Waals surface area contributed by atoms with Gasteiger partial charge in [-0.25, -0.2) is 4.98 Å². The summed E-state index contributed by atoms with van der Waals surface area (Å²) in [7, 11) is 0. The molecule has 23 heavy (non-hydrogen) atoms. The van der Waals surface area contributed by atoms with Gasteiger partial charge in [-0.15, -0.1) is 0 Å². The number of fused-ring (bicyclic) bond motifs is 1. The Morgan fingerprint density at radius 1 is 1.13 bits per heavy atom. The lowest BCUT2D eigenvalue weighted by atomic mass is 10.2. The number of aromatic nitrogens is 2. The van der Waals surface area contributed by atoms with Gasteiger partial charge in [0, 0.05) is 24.4 Å². The van der Waals surface area contributed by atoms with Crippen molar-refractivity contribution in [2.45, 2.75) is 25.8 Å². The molecule has 0 saturated heterocycles. The topological polar surface area (TPSA) is 57.8 Å². The molecule has 0 aliphatic heterocycles. The fourth-order valence-corrected chi connectivity index (χ4v) is 2.56. The number of amides is 1. The van der Waals surface area contributed by atoms with Gasteiger partial charge >= 0.3 is 0 Å². The third-order valence-corrected chi connectivity index (χ3v) is 3.91. The van der Waals surface area contributed by atoms with Crippen LogP contribution in [0.4, 0.5) is 0 Å². The van der Waals surface area contributed by atoms with Crippen molar-refractivity contribution in [3.8, 4) is 0 Å². The van der Waals surface area contributed by atoms with Crippen molar-refractivity contribution in [2.75, 3.05) is 0 Å². The number of aromatic amines is 1. The predicted octanol–water partition coefficient (Wildman–Crippen LogP) is 3.86. The standard InChI is InChI=1S/C18H18ClN3O/c19-14-10-8-13(9-11-14)12-20-18(23)7-3-6-17-21-15-4-1-2-5-16(15)22-17/h1-2,4-5,8-11H,3,6-7,12H2,(H,20,23)(H,21,22). The zero-order valence-electron chi connectivity index (χ0n) is 12.7. The van der Waals surface area contributed by atoms with Crippen LogP contribution in [0.2, 0.25) is 5.02 Å². The van der Waals surface area contributed by atoms with Gasteiger partial charge in [0.25, 0.3) is 0 Å². The van der Waals surface area contributed by atoms with Crippen molar-refractivity contribution in [3.63, 3.8) is 0 Å². The first-order chi connectivity index (χ1) is 11.2. The second-order valence-corrected chi connectivity index (χ2v) is 5.89. The van der Waals surface area contributed by atoms with Crippen LogP contribution < -0.4 is 5.32 Å². The van der Waals surface area contributed by atoms with Crippen molar-refractivity contribution in [3.05, 3.63) is 64.9 Å². The monoisotopic (exact) mass is 327 g/mol. The Morgan fingerprint density at radius 3 is 2.70 bits per heavy atom. The Kier molecular flexibility index (Phi) is 4.93. The minimum Gasteiger partial charge on any atom is -0.352 e. The maximum absolute atomic E-state index is 11.9. The molecule has 0 atom stereocenters. The molecule has 0 unspecified atom stereocenters. The van der Waals surface area contributed by atoms with Crippen molar-refractivity contribution in [2.24, 2.45) is 0 Å². The molecular weight excluding hydrogens is 310 g/mol. The smallest absolute Gasteiger partial charge is 0.220 e. The first kappa shape index (κ1) is 15.6. The molecule has 0 fully saturated rings. The molecule has 0 radical (unpaired) electrons. The summed E-state index contributed by atoms with van der Waals surface area (Å²) in [6.45, 7) is 0.528. The number of benzene rings is 2. The van der Waals surface area contributed by atoms with E-state index in [0.29, 0.717) is 18.0 Å². The van der Waals surface area contributed by atoms with Gasteiger partial charge in [-0.3, -0.25) is 4.79 Å². The second-order valence-electron chi connectivity index (χ2n) is 5.46. The summed E-state index contributed by atoms with van der Waals surface area (Å²) in [5.41, 5.74) is 3.05. The lowest BCUT2D eigenvalue weighted by molar-refractivity contribution is -0.121. The molecule has 2 N–H and O–H groups in total. The van der Waals surface area contributed by atoms with Crippen LogP contribution in [0.15, 0.2) is 48.5 Å². The normalized spacial score (nSPS) is 10.8. The van der Waals surface area contributed by atoms with Gasteiger partial charge in [0.05, 0.1) is 11.0 Å². The van der Waals surface area contributed by atoms with Crippen LogP contribution in [-0.2, 0) is 17.8 Å². The zero-order valence-corrected chi connectivity index (χ0v) is 13.4. The summed E-state index contributed by atoms with van der Waals surface area (Å²) >= 11 is 5.83. The van der Waals surface area contributed by atoms with E-state index in [1.807, 2.05) is 48.5 Å². The number of halogens is 1. The van der Waals surface area contributed by atoms with Gasteiger partial charge in [-0.2, -0.15) is 0 Å². The summed E-state index contributed by atoms with van der Waals surface area (Å²) in [6, 6.07) is 15.4. The summed E-state index contributed by atoms with van der Waals surface area (Å²) in [6.07, 6.45) is 2.03. The van der Waals surface area contributed by atoms with Crippen LogP contribution in [-0.4, -0.2) is 15.9 Å². The van der Waals surface area contributed by atoms with Gasteiger partial charge in [-0.05, 0) is 36.2 Å². The van der Waals surface area contributed by atoms with Crippen molar-refractivity contribution in [1.29, 1.82) is 0 Å². The van der Waals surface area contributed by atoms with E-state index >= 15 is 0 Å². The number of rotatable bonds is 6. The van der Waals surface area contributed by atoms with Gasteiger partial charge < -0.3 is 10.3 Å². The van der Waals surface area contributed by atoms with Crippen LogP contribution in [0.3, 0.4) is 0 Å². The molecule has 0 aliphatic carbocycles. The molecule has 3 rings (SSSR count). The number of para-hydroxylation sites is 2. The maximum Gasteiger partial charge on any atom is 0.220 e. The van der Waals surface area contributed by atoms with Crippen LogP contribution in [0.5, 0.6) is 0 Å². The van der Waals surface area contributed by atoms with Gasteiger partial charge in [0.15, 0.2) is 0 Å². The SMILES string of the molecule is O=C(CCCc1nc2ccccc2[nH]1)NCc1ccc(Cl)cc1. The lowest BCUT2D eigenvalue weighted by Crippen LogP contribution is -2.22. The predicted molar refractivity (Wildman–Crippen MR) is 92.3 cm³/mol. The average Bonchev–Trinajstić information content (AvgIpc) is 2.97. The van der Waals surface area contributed by atoms with E-state index in [1.165, 1.54) is 0 Å². The largest absolute Gasteiger partial charge is 0.352 e. The van der Waals surface area contributed by atoms with E-state index in [4.69, 9.17) is 11.6 Å². The molecule has 0 saturated carbocycles. The second kappa shape index (κ2) is 7.29. The van der Waals surface area contributed by atoms with Crippen molar-refractivity contribution in [1.82, 2.24) is 15.3 Å². The molecule has 1 aromatic heterocycles. The number of nitrogens with zero attached hydrogens (tertiary/aromatic N) is 1. The molecule has 0 spiro atoms. The maximum atomic E-state index is 11.9. The molecule has 4 nitrogen and oxygen atoms in total. The minimum atomic E-state index is 0.0519. The molecule has 5 heteroatoms. The van der Waals surface area contributed by atoms with E-state index in [-0.39, 0.29) is 5.91 Å². The average molecular weight is 328 g/mol. The molecule has 0 aliphatic rings. The van der Waals surface area contributed by atoms with Crippen LogP contribution >= 0.6 is 11.6 Å². The number of imidazole rings is 1. The summed E-state index contributed by atoms with van der Waals surface area (Å²) in [4.78, 5) is 19.7. The van der Waals surface area contributed by atoms with E-state index in [1.54, 1.807) is 0 Å². The summed E-state index contributed by atoms with van der Waals surface area (Å²) < 4.78 is 0. The molecule has 1 amide bonds. The van der Waals surface area contributed by atoms with Gasteiger partial charge in [0.1, 0.15) is 5.82 Å². The molecule has 2 aromatic carbocycles. The van der Waals surface area contributed by atoms with Crippen LogP contribution in [0, 0.1) is 0 Å². The summed E-state index contributed by atoms with van der Waals surface area (Å²) in [5.74, 6) is 0.979. The van der Waals surface area contributed by atoms with E-state index < -0.39 is 0 Å². The highest BCUT2D eigenvalue weighted by atomic mass is 35.5. The molecule has 0 bridgehead atoms. The van der Waals surface area contributed by atoms with Gasteiger partial charge in [0.2, 0.25) is 5.91 Å². The fraction of sp³-hybridized carbons (Fsp3) is 0.222. The number of carbonyl (C=O) groups excluding carboxylic acids is 1. The zero-order chi connectivity index (χ0) is 16.1. The van der Waals surface area contributed by atoms with E-state index in [9.17, 15) is 4.79 Å². The number of hydrogen-bond donors (Lipinski definition) is 2. The minimum absolute atomic E-state index is 0.0519. The molecular formula is C18H18ClN3O. The number of aryl methyl sites for hydroxylation is 1. The number of carbonyl (C=O) groups is 1. The van der Waals surface area contributed by atoms with Crippen LogP contribution in [0.1, 0.15) is 24.2 Å². The third kappa shape index (κ3) is 4.33. The highest BCUT2D eigenvalue weighted by Crippen LogP contribution is 2.12. The Labute approximate surface area is 139 Å². The van der Waals surface area contributed by atoms with Crippen molar-refractivity contribution >= 4 is 28.5 Å². The van der Waals surface area contributed by atoms with Crippen LogP contribution in [0.25, 0.3) is 11.0 Å². The Balaban J connectivity index is 1.43. The molecule has 1 heterocycles. The first-order valence-electron chi connectivity index (χ1n) is 7.65. The number of hydrogen-bond acceptors (Lipinski definition) is 2. The Bertz CT molecular complexity index is 762. The van der Waals surface area contributed by atoms with E-state index in [0.717, 1.165) is 35.3 Å². The van der Waals surface area contributed by atoms with E-state index in [2.05, 4.69) is 15.3 Å². The van der Waals surface area contributed by atoms with Gasteiger partial charge in [-0.1, -0.05) is 35.9 Å². The molecule has 118 valence electrons. The van der Waals surface area contributed by atoms with Crippen molar-refractivity contribution < 1.29 is 4.79 Å². The number of nitrogens with one attached hydrogen (secondary N) is 2. The summed E-state index contributed by atoms with van der Waals surface area (Å²) in [5, 5.41) is 3.62. The fourth-order valence-electron chi connectivity index (χ4n) is 2.43. The highest BCUT2D eigenvalue weighted by Gasteiger charge is 2.05. The Hall–Kier alpha value is -2.33.